The fraction of sp³-hybridized carbons (Fsp3) is 0.391. The molecular formula is C23H27ClN2O5. The molecule has 1 aliphatic rings. The van der Waals surface area contributed by atoms with Gasteiger partial charge in [0.05, 0.1) is 7.11 Å². The number of methoxy groups -OCH3 is 1. The molecule has 1 unspecified atom stereocenters. The Morgan fingerprint density at radius 2 is 1.74 bits per heavy atom. The highest BCUT2D eigenvalue weighted by Crippen LogP contribution is 2.25. The number of carbonyl (C=O) groups is 2. The maximum atomic E-state index is 12.5. The first-order valence-corrected chi connectivity index (χ1v) is 10.6. The van der Waals surface area contributed by atoms with Gasteiger partial charge >= 0.3 is 0 Å². The van der Waals surface area contributed by atoms with Gasteiger partial charge < -0.3 is 24.4 Å². The lowest BCUT2D eigenvalue weighted by atomic mass is 10.0. The topological polar surface area (TPSA) is 77.1 Å². The minimum Gasteiger partial charge on any atom is -0.493 e. The molecule has 8 heteroatoms. The van der Waals surface area contributed by atoms with Gasteiger partial charge in [0.15, 0.2) is 24.2 Å². The molecule has 2 amide bonds. The van der Waals surface area contributed by atoms with Crippen molar-refractivity contribution < 1.29 is 23.8 Å². The van der Waals surface area contributed by atoms with Crippen molar-refractivity contribution in [2.45, 2.75) is 31.9 Å². The predicted molar refractivity (Wildman–Crippen MR) is 118 cm³/mol. The molecule has 2 aromatic carbocycles. The molecule has 31 heavy (non-hydrogen) atoms. The third-order valence-electron chi connectivity index (χ3n) is 5.11. The fourth-order valence-electron chi connectivity index (χ4n) is 3.33. The van der Waals surface area contributed by atoms with Crippen molar-refractivity contribution in [1.82, 2.24) is 10.2 Å². The zero-order valence-electron chi connectivity index (χ0n) is 17.7. The van der Waals surface area contributed by atoms with Crippen LogP contribution in [0.25, 0.3) is 0 Å². The van der Waals surface area contributed by atoms with Crippen molar-refractivity contribution in [1.29, 1.82) is 0 Å². The molecule has 1 saturated heterocycles. The monoisotopic (exact) mass is 446 g/mol. The minimum atomic E-state index is -0.630. The van der Waals surface area contributed by atoms with Crippen LogP contribution in [0.5, 0.6) is 17.2 Å². The lowest BCUT2D eigenvalue weighted by Gasteiger charge is -2.32. The smallest absolute Gasteiger partial charge is 0.260 e. The van der Waals surface area contributed by atoms with Crippen LogP contribution in [-0.2, 0) is 9.59 Å². The molecule has 0 bridgehead atoms. The van der Waals surface area contributed by atoms with Crippen LogP contribution in [0.3, 0.4) is 0 Å². The zero-order valence-corrected chi connectivity index (χ0v) is 18.4. The molecule has 1 atom stereocenters. The Balaban J connectivity index is 1.40. The summed E-state index contributed by atoms with van der Waals surface area (Å²) in [6, 6.07) is 14.1. The van der Waals surface area contributed by atoms with E-state index >= 15 is 0 Å². The third-order valence-corrected chi connectivity index (χ3v) is 5.36. The number of rotatable bonds is 8. The molecule has 0 aromatic heterocycles. The quantitative estimate of drug-likeness (QED) is 0.673. The highest BCUT2D eigenvalue weighted by molar-refractivity contribution is 6.30. The number of para-hydroxylation sites is 2. The summed E-state index contributed by atoms with van der Waals surface area (Å²) in [5.41, 5.74) is 0. The number of nitrogens with one attached hydrogen (secondary N) is 1. The first kappa shape index (κ1) is 22.7. The average Bonchev–Trinajstić information content (AvgIpc) is 2.79. The van der Waals surface area contributed by atoms with E-state index < -0.39 is 6.10 Å². The van der Waals surface area contributed by atoms with Gasteiger partial charge in [-0.3, -0.25) is 9.59 Å². The lowest BCUT2D eigenvalue weighted by Crippen LogP contribution is -2.50. The van der Waals surface area contributed by atoms with Crippen LogP contribution in [-0.4, -0.2) is 55.7 Å². The maximum Gasteiger partial charge on any atom is 0.260 e. The van der Waals surface area contributed by atoms with Gasteiger partial charge in [-0.05, 0) is 56.2 Å². The molecule has 1 fully saturated rings. The van der Waals surface area contributed by atoms with E-state index in [1.807, 2.05) is 12.1 Å². The number of hydrogen-bond acceptors (Lipinski definition) is 5. The summed E-state index contributed by atoms with van der Waals surface area (Å²) >= 11 is 5.86. The van der Waals surface area contributed by atoms with Crippen molar-refractivity contribution in [2.75, 3.05) is 26.8 Å². The van der Waals surface area contributed by atoms with Crippen LogP contribution in [0, 0.1) is 0 Å². The van der Waals surface area contributed by atoms with E-state index in [0.717, 1.165) is 0 Å². The zero-order chi connectivity index (χ0) is 22.2. The molecule has 0 radical (unpaired) electrons. The molecule has 3 rings (SSSR count). The Morgan fingerprint density at radius 3 is 2.39 bits per heavy atom. The number of carbonyl (C=O) groups excluding carboxylic acids is 2. The van der Waals surface area contributed by atoms with Gasteiger partial charge in [0.2, 0.25) is 0 Å². The van der Waals surface area contributed by atoms with Gasteiger partial charge in [-0.15, -0.1) is 0 Å². The predicted octanol–water partition coefficient (Wildman–Crippen LogP) is 3.30. The first-order chi connectivity index (χ1) is 15.0. The highest BCUT2D eigenvalue weighted by atomic mass is 35.5. The normalized spacial score (nSPS) is 15.1. The molecule has 0 saturated carbocycles. The van der Waals surface area contributed by atoms with Gasteiger partial charge in [-0.25, -0.2) is 0 Å². The van der Waals surface area contributed by atoms with Gasteiger partial charge in [0, 0.05) is 24.2 Å². The highest BCUT2D eigenvalue weighted by Gasteiger charge is 2.26. The van der Waals surface area contributed by atoms with Crippen LogP contribution in [0.15, 0.2) is 48.5 Å². The second-order valence-electron chi connectivity index (χ2n) is 7.32. The Hall–Kier alpha value is -2.93. The minimum absolute atomic E-state index is 0.00273. The number of halogens is 1. The van der Waals surface area contributed by atoms with Crippen LogP contribution in [0.2, 0.25) is 5.02 Å². The summed E-state index contributed by atoms with van der Waals surface area (Å²) in [4.78, 5) is 26.7. The molecule has 1 aliphatic heterocycles. The largest absolute Gasteiger partial charge is 0.493 e. The van der Waals surface area contributed by atoms with E-state index in [1.54, 1.807) is 55.3 Å². The fourth-order valence-corrected chi connectivity index (χ4v) is 3.46. The van der Waals surface area contributed by atoms with E-state index in [0.29, 0.717) is 48.2 Å². The number of piperidine rings is 1. The maximum absolute atomic E-state index is 12.5. The summed E-state index contributed by atoms with van der Waals surface area (Å²) in [7, 11) is 1.56. The number of benzene rings is 2. The second-order valence-corrected chi connectivity index (χ2v) is 7.75. The SMILES string of the molecule is COc1ccccc1OCC(=O)N1CCC(NC(=O)C(C)Oc2ccc(Cl)cc2)CC1. The lowest BCUT2D eigenvalue weighted by molar-refractivity contribution is -0.134. The first-order valence-electron chi connectivity index (χ1n) is 10.2. The van der Waals surface area contributed by atoms with Gasteiger partial charge in [0.1, 0.15) is 5.75 Å². The number of amides is 2. The van der Waals surface area contributed by atoms with Crippen molar-refractivity contribution >= 4 is 23.4 Å². The molecule has 1 N–H and O–H groups in total. The number of ether oxygens (including phenoxy) is 3. The van der Waals surface area contributed by atoms with E-state index in [1.165, 1.54) is 0 Å². The summed E-state index contributed by atoms with van der Waals surface area (Å²) in [5, 5.41) is 3.62. The Morgan fingerprint density at radius 1 is 1.10 bits per heavy atom. The second kappa shape index (κ2) is 10.9. The van der Waals surface area contributed by atoms with Crippen molar-refractivity contribution in [3.8, 4) is 17.2 Å². The Kier molecular flexibility index (Phi) is 8.00. The number of nitrogens with zero attached hydrogens (tertiary/aromatic N) is 1. The average molecular weight is 447 g/mol. The van der Waals surface area contributed by atoms with E-state index in [-0.39, 0.29) is 24.5 Å². The summed E-state index contributed by atoms with van der Waals surface area (Å²) in [6.07, 6.45) is 0.731. The van der Waals surface area contributed by atoms with Gasteiger partial charge in [0.25, 0.3) is 11.8 Å². The molecule has 0 aliphatic carbocycles. The summed E-state index contributed by atoms with van der Waals surface area (Å²) in [6.45, 7) is 2.78. The third kappa shape index (κ3) is 6.52. The van der Waals surface area contributed by atoms with Crippen molar-refractivity contribution in [3.05, 3.63) is 53.6 Å². The van der Waals surface area contributed by atoms with Crippen LogP contribution >= 0.6 is 11.6 Å². The van der Waals surface area contributed by atoms with Gasteiger partial charge in [-0.2, -0.15) is 0 Å². The Labute approximate surface area is 187 Å². The van der Waals surface area contributed by atoms with E-state index in [9.17, 15) is 9.59 Å². The summed E-state index contributed by atoms with van der Waals surface area (Å²) in [5.74, 6) is 1.44. The Bertz CT molecular complexity index is 882. The number of likely N-dealkylation sites (tertiary alicyclic amines) is 1. The number of hydrogen-bond donors (Lipinski definition) is 1. The molecule has 1 heterocycles. The standard InChI is InChI=1S/C23H27ClN2O5/c1-16(31-19-9-7-17(24)8-10-19)23(28)25-18-11-13-26(14-12-18)22(27)15-30-21-6-4-3-5-20(21)29-2/h3-10,16,18H,11-15H2,1-2H3,(H,25,28). The molecule has 7 nitrogen and oxygen atoms in total. The van der Waals surface area contributed by atoms with E-state index in [2.05, 4.69) is 5.32 Å². The van der Waals surface area contributed by atoms with Crippen LogP contribution < -0.4 is 19.5 Å². The molecular weight excluding hydrogens is 420 g/mol. The molecule has 166 valence electrons. The van der Waals surface area contributed by atoms with Gasteiger partial charge in [-0.1, -0.05) is 23.7 Å². The van der Waals surface area contributed by atoms with Crippen LogP contribution in [0.4, 0.5) is 0 Å². The van der Waals surface area contributed by atoms with Crippen molar-refractivity contribution in [2.24, 2.45) is 0 Å². The van der Waals surface area contributed by atoms with Crippen molar-refractivity contribution in [3.63, 3.8) is 0 Å². The van der Waals surface area contributed by atoms with E-state index in [4.69, 9.17) is 25.8 Å². The van der Waals surface area contributed by atoms with Crippen LogP contribution in [0.1, 0.15) is 19.8 Å². The molecule has 2 aromatic rings. The summed E-state index contributed by atoms with van der Waals surface area (Å²) < 4.78 is 16.5. The molecule has 0 spiro atoms.